The van der Waals surface area contributed by atoms with Crippen molar-refractivity contribution in [2.45, 2.75) is 32.4 Å². The Morgan fingerprint density at radius 1 is 0.963 bits per heavy atom. The highest BCUT2D eigenvalue weighted by Crippen LogP contribution is 2.24. The summed E-state index contributed by atoms with van der Waals surface area (Å²) in [5.74, 6) is 0.425. The van der Waals surface area contributed by atoms with Crippen molar-refractivity contribution in [3.05, 3.63) is 65.7 Å². The molecule has 2 aromatic carbocycles. The highest BCUT2D eigenvalue weighted by Gasteiger charge is 2.19. The van der Waals surface area contributed by atoms with Crippen LogP contribution < -0.4 is 15.4 Å². The van der Waals surface area contributed by atoms with Crippen molar-refractivity contribution in [1.82, 2.24) is 10.6 Å². The molecular weight excluding hydrogens is 344 g/mol. The molecule has 0 aliphatic rings. The summed E-state index contributed by atoms with van der Waals surface area (Å²) in [6.07, 6.45) is -0.627. The predicted molar refractivity (Wildman–Crippen MR) is 104 cm³/mol. The number of carbonyl (C=O) groups is 2. The van der Waals surface area contributed by atoms with E-state index in [-0.39, 0.29) is 18.5 Å². The van der Waals surface area contributed by atoms with Crippen LogP contribution in [-0.4, -0.2) is 31.3 Å². The van der Waals surface area contributed by atoms with E-state index in [0.717, 1.165) is 16.9 Å². The van der Waals surface area contributed by atoms with Crippen LogP contribution in [0.5, 0.6) is 5.75 Å². The second-order valence-electron chi connectivity index (χ2n) is 7.04. The minimum absolute atomic E-state index is 0.172. The molecule has 2 amide bonds. The van der Waals surface area contributed by atoms with Gasteiger partial charge in [0.25, 0.3) is 0 Å². The number of amides is 2. The molecule has 0 bridgehead atoms. The summed E-state index contributed by atoms with van der Waals surface area (Å²) < 4.78 is 10.3. The Balaban J connectivity index is 2.08. The SMILES string of the molecule is COc1ccc(C(NC(=O)CNC(=O)OC(C)(C)C)c2ccccc2)cc1. The van der Waals surface area contributed by atoms with Crippen molar-refractivity contribution >= 4 is 12.0 Å². The molecule has 1 atom stereocenters. The zero-order chi connectivity index (χ0) is 19.9. The second kappa shape index (κ2) is 9.07. The number of hydrogen-bond acceptors (Lipinski definition) is 4. The summed E-state index contributed by atoms with van der Waals surface area (Å²) in [6.45, 7) is 5.12. The van der Waals surface area contributed by atoms with Gasteiger partial charge < -0.3 is 20.1 Å². The Hall–Kier alpha value is -3.02. The third-order valence-corrected chi connectivity index (χ3v) is 3.68. The average molecular weight is 370 g/mol. The lowest BCUT2D eigenvalue weighted by molar-refractivity contribution is -0.120. The maximum Gasteiger partial charge on any atom is 0.408 e. The van der Waals surface area contributed by atoms with Crippen molar-refractivity contribution in [2.75, 3.05) is 13.7 Å². The number of alkyl carbamates (subject to hydrolysis) is 1. The Morgan fingerprint density at radius 2 is 1.56 bits per heavy atom. The van der Waals surface area contributed by atoms with Crippen LogP contribution in [0.3, 0.4) is 0 Å². The van der Waals surface area contributed by atoms with E-state index in [0.29, 0.717) is 0 Å². The van der Waals surface area contributed by atoms with Crippen LogP contribution >= 0.6 is 0 Å². The molecule has 0 aliphatic carbocycles. The van der Waals surface area contributed by atoms with E-state index in [4.69, 9.17) is 9.47 Å². The van der Waals surface area contributed by atoms with Crippen LogP contribution in [0.15, 0.2) is 54.6 Å². The van der Waals surface area contributed by atoms with Crippen molar-refractivity contribution in [1.29, 1.82) is 0 Å². The lowest BCUT2D eigenvalue weighted by Crippen LogP contribution is -2.41. The molecule has 0 aliphatic heterocycles. The molecule has 0 radical (unpaired) electrons. The summed E-state index contributed by atoms with van der Waals surface area (Å²) in [5, 5.41) is 5.43. The van der Waals surface area contributed by atoms with Crippen LogP contribution in [0.2, 0.25) is 0 Å². The van der Waals surface area contributed by atoms with Gasteiger partial charge in [0.1, 0.15) is 17.9 Å². The highest BCUT2D eigenvalue weighted by atomic mass is 16.6. The minimum Gasteiger partial charge on any atom is -0.497 e. The Kier molecular flexibility index (Phi) is 6.82. The number of nitrogens with one attached hydrogen (secondary N) is 2. The van der Waals surface area contributed by atoms with E-state index < -0.39 is 11.7 Å². The predicted octanol–water partition coefficient (Wildman–Crippen LogP) is 3.43. The molecule has 1 unspecified atom stereocenters. The van der Waals surface area contributed by atoms with Gasteiger partial charge in [-0.05, 0) is 44.0 Å². The summed E-state index contributed by atoms with van der Waals surface area (Å²) in [7, 11) is 1.60. The van der Waals surface area contributed by atoms with E-state index in [1.54, 1.807) is 27.9 Å². The fourth-order valence-corrected chi connectivity index (χ4v) is 2.48. The number of methoxy groups -OCH3 is 1. The molecule has 0 heterocycles. The fourth-order valence-electron chi connectivity index (χ4n) is 2.48. The molecule has 0 fully saturated rings. The van der Waals surface area contributed by atoms with Gasteiger partial charge in [0, 0.05) is 0 Å². The first-order valence-corrected chi connectivity index (χ1v) is 8.73. The van der Waals surface area contributed by atoms with Crippen molar-refractivity contribution < 1.29 is 19.1 Å². The van der Waals surface area contributed by atoms with E-state index in [1.165, 1.54) is 0 Å². The summed E-state index contributed by atoms with van der Waals surface area (Å²) >= 11 is 0. The maximum absolute atomic E-state index is 12.4. The monoisotopic (exact) mass is 370 g/mol. The first-order valence-electron chi connectivity index (χ1n) is 8.73. The van der Waals surface area contributed by atoms with Gasteiger partial charge in [0.2, 0.25) is 5.91 Å². The van der Waals surface area contributed by atoms with E-state index in [2.05, 4.69) is 10.6 Å². The quantitative estimate of drug-likeness (QED) is 0.817. The van der Waals surface area contributed by atoms with Gasteiger partial charge in [-0.25, -0.2) is 4.79 Å². The highest BCUT2D eigenvalue weighted by molar-refractivity contribution is 5.82. The molecule has 27 heavy (non-hydrogen) atoms. The topological polar surface area (TPSA) is 76.7 Å². The molecule has 2 aromatic rings. The van der Waals surface area contributed by atoms with Crippen LogP contribution in [0, 0.1) is 0 Å². The first-order chi connectivity index (χ1) is 12.8. The third kappa shape index (κ3) is 6.66. The van der Waals surface area contributed by atoms with Crippen molar-refractivity contribution in [2.24, 2.45) is 0 Å². The first kappa shape index (κ1) is 20.3. The van der Waals surface area contributed by atoms with Crippen LogP contribution in [0.1, 0.15) is 37.9 Å². The van der Waals surface area contributed by atoms with Gasteiger partial charge in [-0.3, -0.25) is 4.79 Å². The third-order valence-electron chi connectivity index (χ3n) is 3.68. The average Bonchev–Trinajstić information content (AvgIpc) is 2.64. The molecule has 2 rings (SSSR count). The standard InChI is InChI=1S/C21H26N2O4/c1-21(2,3)27-20(25)22-14-18(24)23-19(15-8-6-5-7-9-15)16-10-12-17(26-4)13-11-16/h5-13,19H,14H2,1-4H3,(H,22,25)(H,23,24). The smallest absolute Gasteiger partial charge is 0.408 e. The van der Waals surface area contributed by atoms with Crippen LogP contribution in [-0.2, 0) is 9.53 Å². The van der Waals surface area contributed by atoms with E-state index >= 15 is 0 Å². The zero-order valence-corrected chi connectivity index (χ0v) is 16.1. The number of benzene rings is 2. The van der Waals surface area contributed by atoms with Gasteiger partial charge in [-0.1, -0.05) is 42.5 Å². The summed E-state index contributed by atoms with van der Waals surface area (Å²) in [4.78, 5) is 24.1. The molecule has 0 saturated carbocycles. The number of ether oxygens (including phenoxy) is 2. The van der Waals surface area contributed by atoms with Gasteiger partial charge in [0.05, 0.1) is 13.2 Å². The molecule has 6 heteroatoms. The normalized spacial score (nSPS) is 12.0. The van der Waals surface area contributed by atoms with E-state index in [1.807, 2.05) is 54.6 Å². The lowest BCUT2D eigenvalue weighted by atomic mass is 9.98. The molecule has 0 aromatic heterocycles. The molecule has 0 spiro atoms. The second-order valence-corrected chi connectivity index (χ2v) is 7.04. The van der Waals surface area contributed by atoms with Crippen molar-refractivity contribution in [3.63, 3.8) is 0 Å². The van der Waals surface area contributed by atoms with Gasteiger partial charge in [0.15, 0.2) is 0 Å². The number of rotatable bonds is 6. The van der Waals surface area contributed by atoms with Gasteiger partial charge >= 0.3 is 6.09 Å². The van der Waals surface area contributed by atoms with Crippen molar-refractivity contribution in [3.8, 4) is 5.75 Å². The Bertz CT molecular complexity index is 752. The van der Waals surface area contributed by atoms with Gasteiger partial charge in [-0.15, -0.1) is 0 Å². The molecule has 2 N–H and O–H groups in total. The molecule has 6 nitrogen and oxygen atoms in total. The Morgan fingerprint density at radius 3 is 2.11 bits per heavy atom. The van der Waals surface area contributed by atoms with Crippen LogP contribution in [0.25, 0.3) is 0 Å². The van der Waals surface area contributed by atoms with Gasteiger partial charge in [-0.2, -0.15) is 0 Å². The number of hydrogen-bond donors (Lipinski definition) is 2. The molecular formula is C21H26N2O4. The fraction of sp³-hybridized carbons (Fsp3) is 0.333. The maximum atomic E-state index is 12.4. The van der Waals surface area contributed by atoms with E-state index in [9.17, 15) is 9.59 Å². The Labute approximate surface area is 159 Å². The zero-order valence-electron chi connectivity index (χ0n) is 16.1. The van der Waals surface area contributed by atoms with Crippen LogP contribution in [0.4, 0.5) is 4.79 Å². The lowest BCUT2D eigenvalue weighted by Gasteiger charge is -2.22. The number of carbonyl (C=O) groups excluding carboxylic acids is 2. The summed E-state index contributed by atoms with van der Waals surface area (Å²) in [6, 6.07) is 16.8. The largest absolute Gasteiger partial charge is 0.497 e. The molecule has 0 saturated heterocycles. The minimum atomic E-state index is -0.627. The molecule has 144 valence electrons. The summed E-state index contributed by atoms with van der Waals surface area (Å²) in [5.41, 5.74) is 1.23.